The third kappa shape index (κ3) is 5.72. The second-order valence-corrected chi connectivity index (χ2v) is 7.49. The van der Waals surface area contributed by atoms with Gasteiger partial charge in [-0.2, -0.15) is 0 Å². The van der Waals surface area contributed by atoms with E-state index in [1.165, 1.54) is 12.8 Å². The van der Waals surface area contributed by atoms with Crippen molar-refractivity contribution in [3.63, 3.8) is 0 Å². The number of amides is 1. The highest BCUT2D eigenvalue weighted by atomic mass is 35.5. The molecule has 2 aromatic carbocycles. The van der Waals surface area contributed by atoms with Crippen LogP contribution in [0, 0.1) is 0 Å². The Morgan fingerprint density at radius 2 is 1.78 bits per heavy atom. The molecule has 1 fully saturated rings. The van der Waals surface area contributed by atoms with Crippen LogP contribution in [0.3, 0.4) is 0 Å². The first kappa shape index (κ1) is 19.7. The number of hydrogen-bond acceptors (Lipinski definition) is 3. The lowest BCUT2D eigenvalue weighted by molar-refractivity contribution is 0.0871. The first-order valence-corrected chi connectivity index (χ1v) is 9.92. The van der Waals surface area contributed by atoms with Crippen LogP contribution < -0.4 is 0 Å². The van der Waals surface area contributed by atoms with Gasteiger partial charge in [0.2, 0.25) is 0 Å². The average Bonchev–Trinajstić information content (AvgIpc) is 3.22. The van der Waals surface area contributed by atoms with E-state index in [1.807, 2.05) is 61.6 Å². The molecule has 1 aliphatic rings. The van der Waals surface area contributed by atoms with E-state index in [1.54, 1.807) is 4.90 Å². The lowest BCUT2D eigenvalue weighted by Crippen LogP contribution is -2.34. The van der Waals surface area contributed by atoms with Crippen LogP contribution in [0.2, 0.25) is 5.02 Å². The number of halogens is 1. The van der Waals surface area contributed by atoms with Crippen LogP contribution in [0.4, 0.5) is 4.79 Å². The molecule has 0 radical (unpaired) electrons. The summed E-state index contributed by atoms with van der Waals surface area (Å²) in [6, 6.07) is 17.5. The number of hydrogen-bond donors (Lipinski definition) is 0. The van der Waals surface area contributed by atoms with E-state index < -0.39 is 0 Å². The van der Waals surface area contributed by atoms with Crippen molar-refractivity contribution in [2.24, 2.45) is 0 Å². The minimum atomic E-state index is -0.305. The molecule has 1 saturated heterocycles. The Morgan fingerprint density at radius 1 is 1.11 bits per heavy atom. The number of nitrogens with zero attached hydrogens (tertiary/aromatic N) is 2. The summed E-state index contributed by atoms with van der Waals surface area (Å²) in [5.74, 6) is 0. The Kier molecular flexibility index (Phi) is 7.13. The topological polar surface area (TPSA) is 32.8 Å². The minimum Gasteiger partial charge on any atom is -0.445 e. The zero-order chi connectivity index (χ0) is 19.1. The molecule has 0 aliphatic carbocycles. The summed E-state index contributed by atoms with van der Waals surface area (Å²) in [5.41, 5.74) is 2.07. The molecule has 0 saturated carbocycles. The predicted octanol–water partition coefficient (Wildman–Crippen LogP) is 5.14. The largest absolute Gasteiger partial charge is 0.445 e. The zero-order valence-electron chi connectivity index (χ0n) is 15.8. The molecule has 27 heavy (non-hydrogen) atoms. The summed E-state index contributed by atoms with van der Waals surface area (Å²) in [5, 5.41) is 0.700. The van der Waals surface area contributed by atoms with Crippen molar-refractivity contribution in [2.75, 3.05) is 26.7 Å². The van der Waals surface area contributed by atoms with E-state index in [0.717, 1.165) is 37.2 Å². The summed E-state index contributed by atoms with van der Waals surface area (Å²) in [6.45, 7) is 3.55. The van der Waals surface area contributed by atoms with E-state index in [0.29, 0.717) is 5.02 Å². The van der Waals surface area contributed by atoms with Crippen molar-refractivity contribution in [2.45, 2.75) is 31.9 Å². The van der Waals surface area contributed by atoms with Gasteiger partial charge in [-0.25, -0.2) is 4.79 Å². The van der Waals surface area contributed by atoms with E-state index >= 15 is 0 Å². The van der Waals surface area contributed by atoms with Crippen molar-refractivity contribution in [1.29, 1.82) is 0 Å². The lowest BCUT2D eigenvalue weighted by Gasteiger charge is -2.29. The molecule has 0 bridgehead atoms. The van der Waals surface area contributed by atoms with Gasteiger partial charge in [-0.3, -0.25) is 0 Å². The summed E-state index contributed by atoms with van der Waals surface area (Å²) < 4.78 is 5.54. The van der Waals surface area contributed by atoms with Crippen molar-refractivity contribution < 1.29 is 9.53 Å². The van der Waals surface area contributed by atoms with Crippen LogP contribution in [0.1, 0.15) is 36.4 Å². The average molecular weight is 387 g/mol. The molecule has 0 aromatic heterocycles. The standard InChI is InChI=1S/C22H27ClN2O2/c1-24(22(26)27-17-18-7-3-2-4-8-18)21(13-16-25-14-5-6-15-25)19-9-11-20(23)12-10-19/h2-4,7-12,21H,5-6,13-17H2,1H3/t21-/m0/s1. The van der Waals surface area contributed by atoms with Crippen molar-refractivity contribution >= 4 is 17.7 Å². The molecule has 1 aliphatic heterocycles. The van der Waals surface area contributed by atoms with Gasteiger partial charge in [-0.05, 0) is 55.6 Å². The lowest BCUT2D eigenvalue weighted by atomic mass is 10.0. The van der Waals surface area contributed by atoms with Gasteiger partial charge in [0, 0.05) is 18.6 Å². The Hall–Kier alpha value is -2.04. The Morgan fingerprint density at radius 3 is 2.44 bits per heavy atom. The quantitative estimate of drug-likeness (QED) is 0.660. The van der Waals surface area contributed by atoms with Gasteiger partial charge < -0.3 is 14.5 Å². The van der Waals surface area contributed by atoms with Crippen LogP contribution in [-0.2, 0) is 11.3 Å². The van der Waals surface area contributed by atoms with Gasteiger partial charge in [-0.1, -0.05) is 54.1 Å². The summed E-state index contributed by atoms with van der Waals surface area (Å²) in [7, 11) is 1.82. The van der Waals surface area contributed by atoms with Gasteiger partial charge in [0.1, 0.15) is 6.61 Å². The SMILES string of the molecule is CN(C(=O)OCc1ccccc1)[C@@H](CCN1CCCC1)c1ccc(Cl)cc1. The Bertz CT molecular complexity index is 715. The summed E-state index contributed by atoms with van der Waals surface area (Å²) in [6.07, 6.45) is 3.10. The smallest absolute Gasteiger partial charge is 0.410 e. The summed E-state index contributed by atoms with van der Waals surface area (Å²) >= 11 is 6.04. The number of likely N-dealkylation sites (tertiary alicyclic amines) is 1. The molecule has 0 spiro atoms. The molecule has 1 amide bonds. The fourth-order valence-electron chi connectivity index (χ4n) is 3.53. The number of ether oxygens (including phenoxy) is 1. The molecule has 0 unspecified atom stereocenters. The number of carbonyl (C=O) groups is 1. The minimum absolute atomic E-state index is 0.0360. The normalized spacial score (nSPS) is 15.5. The molecule has 3 rings (SSSR count). The van der Waals surface area contributed by atoms with Gasteiger partial charge >= 0.3 is 6.09 Å². The maximum atomic E-state index is 12.7. The van der Waals surface area contributed by atoms with Gasteiger partial charge in [0.15, 0.2) is 0 Å². The van der Waals surface area contributed by atoms with E-state index in [4.69, 9.17) is 16.3 Å². The van der Waals surface area contributed by atoms with Crippen molar-refractivity contribution in [3.05, 3.63) is 70.7 Å². The fourth-order valence-corrected chi connectivity index (χ4v) is 3.65. The van der Waals surface area contributed by atoms with Crippen LogP contribution in [0.25, 0.3) is 0 Å². The monoisotopic (exact) mass is 386 g/mol. The van der Waals surface area contributed by atoms with Crippen molar-refractivity contribution in [1.82, 2.24) is 9.80 Å². The van der Waals surface area contributed by atoms with Gasteiger partial charge in [0.05, 0.1) is 6.04 Å². The third-order valence-electron chi connectivity index (χ3n) is 5.13. The molecule has 0 N–H and O–H groups in total. The second-order valence-electron chi connectivity index (χ2n) is 7.06. The third-order valence-corrected chi connectivity index (χ3v) is 5.38. The van der Waals surface area contributed by atoms with Gasteiger partial charge in [-0.15, -0.1) is 0 Å². The highest BCUT2D eigenvalue weighted by Gasteiger charge is 2.24. The summed E-state index contributed by atoms with van der Waals surface area (Å²) in [4.78, 5) is 16.8. The van der Waals surface area contributed by atoms with Crippen LogP contribution in [0.5, 0.6) is 0 Å². The zero-order valence-corrected chi connectivity index (χ0v) is 16.6. The fraction of sp³-hybridized carbons (Fsp3) is 0.409. The Balaban J connectivity index is 1.65. The van der Waals surface area contributed by atoms with Crippen LogP contribution >= 0.6 is 11.6 Å². The first-order valence-electron chi connectivity index (χ1n) is 9.55. The van der Waals surface area contributed by atoms with E-state index in [2.05, 4.69) is 4.90 Å². The predicted molar refractivity (Wildman–Crippen MR) is 109 cm³/mol. The molecule has 1 heterocycles. The molecule has 144 valence electrons. The highest BCUT2D eigenvalue weighted by molar-refractivity contribution is 6.30. The van der Waals surface area contributed by atoms with E-state index in [9.17, 15) is 4.79 Å². The Labute approximate surface area is 166 Å². The first-order chi connectivity index (χ1) is 13.1. The molecular weight excluding hydrogens is 360 g/mol. The van der Waals surface area contributed by atoms with Crippen molar-refractivity contribution in [3.8, 4) is 0 Å². The van der Waals surface area contributed by atoms with Gasteiger partial charge in [0.25, 0.3) is 0 Å². The molecule has 2 aromatic rings. The molecule has 5 heteroatoms. The van der Waals surface area contributed by atoms with Crippen LogP contribution in [-0.4, -0.2) is 42.6 Å². The van der Waals surface area contributed by atoms with Crippen LogP contribution in [0.15, 0.2) is 54.6 Å². The number of benzene rings is 2. The second kappa shape index (κ2) is 9.77. The van der Waals surface area contributed by atoms with E-state index in [-0.39, 0.29) is 18.7 Å². The number of carbonyl (C=O) groups excluding carboxylic acids is 1. The molecule has 4 nitrogen and oxygen atoms in total. The maximum Gasteiger partial charge on any atom is 0.410 e. The highest BCUT2D eigenvalue weighted by Crippen LogP contribution is 2.26. The number of rotatable bonds is 7. The maximum absolute atomic E-state index is 12.7. The molecule has 1 atom stereocenters. The molecular formula is C22H27ClN2O2.